The van der Waals surface area contributed by atoms with Crippen molar-refractivity contribution in [3.63, 3.8) is 0 Å². The lowest BCUT2D eigenvalue weighted by molar-refractivity contribution is -0.384. The largest absolute Gasteiger partial charge is 0.494 e. The Kier molecular flexibility index (Phi) is 5.30. The number of fused-ring (bicyclic) bond motifs is 1. The quantitative estimate of drug-likeness (QED) is 0.514. The maximum absolute atomic E-state index is 13.2. The summed E-state index contributed by atoms with van der Waals surface area (Å²) in [7, 11) is 0. The fraction of sp³-hybridized carbons (Fsp3) is 0.167. The van der Waals surface area contributed by atoms with Crippen LogP contribution in [-0.4, -0.2) is 27.0 Å². The normalized spacial score (nSPS) is 10.6. The predicted molar refractivity (Wildman–Crippen MR) is 98.9 cm³/mol. The minimum atomic E-state index is -0.655. The average Bonchev–Trinajstić information content (AvgIpc) is 2.65. The van der Waals surface area contributed by atoms with E-state index in [1.807, 2.05) is 0 Å². The van der Waals surface area contributed by atoms with Crippen molar-refractivity contribution >= 4 is 28.2 Å². The van der Waals surface area contributed by atoms with E-state index in [-0.39, 0.29) is 22.3 Å². The van der Waals surface area contributed by atoms with Crippen LogP contribution in [0.2, 0.25) is 0 Å². The molecule has 0 saturated carbocycles. The van der Waals surface area contributed by atoms with Gasteiger partial charge in [-0.3, -0.25) is 24.3 Å². The van der Waals surface area contributed by atoms with Crippen molar-refractivity contribution in [3.05, 3.63) is 69.0 Å². The maximum Gasteiger partial charge on any atom is 0.296 e. The highest BCUT2D eigenvalue weighted by molar-refractivity contribution is 5.93. The number of rotatable bonds is 6. The number of carbonyl (C=O) groups excluding carboxylic acids is 1. The third kappa shape index (κ3) is 3.95. The van der Waals surface area contributed by atoms with Gasteiger partial charge < -0.3 is 10.1 Å². The number of halogens is 1. The Morgan fingerprint density at radius 3 is 2.82 bits per heavy atom. The number of aromatic nitrogens is 2. The van der Waals surface area contributed by atoms with Crippen molar-refractivity contribution < 1.29 is 18.8 Å². The molecule has 1 heterocycles. The van der Waals surface area contributed by atoms with Crippen LogP contribution in [0.3, 0.4) is 0 Å². The SMILES string of the molecule is CCOc1ccc(NC(=O)Cn2cnc3cc(F)ccc3c2=O)c([N+](=O)[O-])c1. The molecule has 1 aromatic heterocycles. The summed E-state index contributed by atoms with van der Waals surface area (Å²) in [4.78, 5) is 39.3. The second kappa shape index (κ2) is 7.82. The fourth-order valence-corrected chi connectivity index (χ4v) is 2.61. The molecule has 3 rings (SSSR count). The van der Waals surface area contributed by atoms with Gasteiger partial charge in [-0.15, -0.1) is 0 Å². The van der Waals surface area contributed by atoms with Crippen LogP contribution in [0.25, 0.3) is 10.9 Å². The lowest BCUT2D eigenvalue weighted by atomic mass is 10.2. The average molecular weight is 386 g/mol. The first-order valence-electron chi connectivity index (χ1n) is 8.25. The number of nitro benzene ring substituents is 1. The van der Waals surface area contributed by atoms with Crippen LogP contribution in [0, 0.1) is 15.9 Å². The number of nitrogens with one attached hydrogen (secondary N) is 1. The topological polar surface area (TPSA) is 116 Å². The molecule has 0 bridgehead atoms. The molecule has 0 aliphatic heterocycles. The van der Waals surface area contributed by atoms with E-state index in [9.17, 15) is 24.1 Å². The molecular formula is C18H15FN4O5. The second-order valence-corrected chi connectivity index (χ2v) is 5.76. The zero-order valence-corrected chi connectivity index (χ0v) is 14.7. The molecule has 28 heavy (non-hydrogen) atoms. The van der Waals surface area contributed by atoms with Gasteiger partial charge in [0.1, 0.15) is 23.8 Å². The molecule has 0 fully saturated rings. The van der Waals surface area contributed by atoms with E-state index in [1.54, 1.807) is 6.92 Å². The highest BCUT2D eigenvalue weighted by Gasteiger charge is 2.18. The summed E-state index contributed by atoms with van der Waals surface area (Å²) in [6.07, 6.45) is 1.12. The van der Waals surface area contributed by atoms with E-state index >= 15 is 0 Å². The standard InChI is InChI=1S/C18H15FN4O5/c1-2-28-12-4-6-14(16(8-12)23(26)27)21-17(24)9-22-10-20-15-7-11(19)3-5-13(15)18(22)25/h3-8,10H,2,9H2,1H3,(H,21,24). The summed E-state index contributed by atoms with van der Waals surface area (Å²) in [6.45, 7) is 1.67. The van der Waals surface area contributed by atoms with Crippen LogP contribution in [0.5, 0.6) is 5.75 Å². The number of benzene rings is 2. The van der Waals surface area contributed by atoms with E-state index in [0.717, 1.165) is 23.0 Å². The summed E-state index contributed by atoms with van der Waals surface area (Å²) in [6, 6.07) is 7.57. The number of hydrogen-bond donors (Lipinski definition) is 1. The van der Waals surface area contributed by atoms with E-state index in [2.05, 4.69) is 10.3 Å². The predicted octanol–water partition coefficient (Wildman–Crippen LogP) is 2.48. The molecule has 0 aliphatic carbocycles. The third-order valence-corrected chi connectivity index (χ3v) is 3.85. The molecule has 0 atom stereocenters. The molecule has 2 aromatic carbocycles. The summed E-state index contributed by atoms with van der Waals surface area (Å²) in [5.74, 6) is -0.885. The van der Waals surface area contributed by atoms with Crippen molar-refractivity contribution in [2.75, 3.05) is 11.9 Å². The minimum absolute atomic E-state index is 0.0256. The number of nitrogens with zero attached hydrogens (tertiary/aromatic N) is 3. The maximum atomic E-state index is 13.2. The molecule has 1 amide bonds. The zero-order valence-electron chi connectivity index (χ0n) is 14.7. The van der Waals surface area contributed by atoms with E-state index < -0.39 is 28.8 Å². The van der Waals surface area contributed by atoms with Crippen LogP contribution < -0.4 is 15.6 Å². The molecule has 0 spiro atoms. The molecule has 1 N–H and O–H groups in total. The van der Waals surface area contributed by atoms with Gasteiger partial charge in [-0.1, -0.05) is 0 Å². The van der Waals surface area contributed by atoms with Gasteiger partial charge in [-0.25, -0.2) is 9.37 Å². The van der Waals surface area contributed by atoms with Gasteiger partial charge in [0.2, 0.25) is 5.91 Å². The molecule has 0 aliphatic rings. The van der Waals surface area contributed by atoms with Gasteiger partial charge in [-0.2, -0.15) is 0 Å². The van der Waals surface area contributed by atoms with Crippen molar-refractivity contribution in [1.82, 2.24) is 9.55 Å². The minimum Gasteiger partial charge on any atom is -0.494 e. The molecule has 9 nitrogen and oxygen atoms in total. The van der Waals surface area contributed by atoms with E-state index in [0.29, 0.717) is 12.4 Å². The number of anilines is 1. The molecule has 0 radical (unpaired) electrons. The summed E-state index contributed by atoms with van der Waals surface area (Å²) in [5, 5.41) is 13.8. The second-order valence-electron chi connectivity index (χ2n) is 5.76. The lowest BCUT2D eigenvalue weighted by Crippen LogP contribution is -2.28. The monoisotopic (exact) mass is 386 g/mol. The Hall–Kier alpha value is -3.82. The first kappa shape index (κ1) is 19.0. The van der Waals surface area contributed by atoms with Gasteiger partial charge in [-0.05, 0) is 31.2 Å². The van der Waals surface area contributed by atoms with Crippen molar-refractivity contribution in [2.45, 2.75) is 13.5 Å². The Morgan fingerprint density at radius 2 is 2.11 bits per heavy atom. The Bertz CT molecular complexity index is 1130. The van der Waals surface area contributed by atoms with Gasteiger partial charge in [0, 0.05) is 6.07 Å². The first-order valence-corrected chi connectivity index (χ1v) is 8.25. The molecule has 3 aromatic rings. The van der Waals surface area contributed by atoms with E-state index in [1.165, 1.54) is 24.3 Å². The van der Waals surface area contributed by atoms with Gasteiger partial charge >= 0.3 is 0 Å². The van der Waals surface area contributed by atoms with Crippen LogP contribution in [-0.2, 0) is 11.3 Å². The molecular weight excluding hydrogens is 371 g/mol. The molecule has 10 heteroatoms. The molecule has 0 unspecified atom stereocenters. The molecule has 0 saturated heterocycles. The van der Waals surface area contributed by atoms with Crippen LogP contribution in [0.15, 0.2) is 47.5 Å². The van der Waals surface area contributed by atoms with Gasteiger partial charge in [0.05, 0.1) is 34.8 Å². The Balaban J connectivity index is 1.84. The van der Waals surface area contributed by atoms with Gasteiger partial charge in [0.15, 0.2) is 0 Å². The molecule has 144 valence electrons. The third-order valence-electron chi connectivity index (χ3n) is 3.85. The Labute approximate surface area is 157 Å². The number of carbonyl (C=O) groups is 1. The number of nitro groups is 1. The number of hydrogen-bond acceptors (Lipinski definition) is 6. The fourth-order valence-electron chi connectivity index (χ4n) is 2.61. The highest BCUT2D eigenvalue weighted by atomic mass is 19.1. The summed E-state index contributed by atoms with van der Waals surface area (Å²) < 4.78 is 19.5. The first-order chi connectivity index (χ1) is 13.4. The van der Waals surface area contributed by atoms with Crippen molar-refractivity contribution in [2.24, 2.45) is 0 Å². The van der Waals surface area contributed by atoms with Crippen LogP contribution >= 0.6 is 0 Å². The number of ether oxygens (including phenoxy) is 1. The highest BCUT2D eigenvalue weighted by Crippen LogP contribution is 2.29. The van der Waals surface area contributed by atoms with Crippen molar-refractivity contribution in [3.8, 4) is 5.75 Å². The Morgan fingerprint density at radius 1 is 1.32 bits per heavy atom. The smallest absolute Gasteiger partial charge is 0.296 e. The van der Waals surface area contributed by atoms with E-state index in [4.69, 9.17) is 4.74 Å². The lowest BCUT2D eigenvalue weighted by Gasteiger charge is -2.10. The van der Waals surface area contributed by atoms with Crippen molar-refractivity contribution in [1.29, 1.82) is 0 Å². The van der Waals surface area contributed by atoms with Crippen LogP contribution in [0.4, 0.5) is 15.8 Å². The summed E-state index contributed by atoms with van der Waals surface area (Å²) in [5.41, 5.74) is -0.716. The zero-order chi connectivity index (χ0) is 20.3. The van der Waals surface area contributed by atoms with Gasteiger partial charge in [0.25, 0.3) is 11.2 Å². The van der Waals surface area contributed by atoms with Crippen LogP contribution in [0.1, 0.15) is 6.92 Å². The summed E-state index contributed by atoms with van der Waals surface area (Å²) >= 11 is 0. The number of amides is 1.